The highest BCUT2D eigenvalue weighted by molar-refractivity contribution is 5.72. The monoisotopic (exact) mass is 158 g/mol. The highest BCUT2D eigenvalue weighted by atomic mass is 16.5. The number of hydrogen-bond donors (Lipinski definition) is 0. The molecule has 0 aromatic heterocycles. The molecule has 2 atom stereocenters. The summed E-state index contributed by atoms with van der Waals surface area (Å²) in [6.45, 7) is 8.22. The van der Waals surface area contributed by atoms with Crippen LogP contribution in [-0.4, -0.2) is 13.1 Å². The maximum absolute atomic E-state index is 11.0. The van der Waals surface area contributed by atoms with Crippen molar-refractivity contribution in [3.05, 3.63) is 0 Å². The summed E-state index contributed by atoms with van der Waals surface area (Å²) in [5.74, 6) is 0.831. The van der Waals surface area contributed by atoms with Gasteiger partial charge in [-0.3, -0.25) is 4.79 Å². The molecule has 0 heterocycles. The van der Waals surface area contributed by atoms with Crippen LogP contribution in [-0.2, 0) is 9.53 Å². The lowest BCUT2D eigenvalue weighted by Gasteiger charge is -2.20. The second-order valence-electron chi connectivity index (χ2n) is 3.41. The van der Waals surface area contributed by atoms with Gasteiger partial charge < -0.3 is 4.74 Å². The maximum atomic E-state index is 11.0. The minimum Gasteiger partial charge on any atom is -0.469 e. The van der Waals surface area contributed by atoms with Crippen LogP contribution < -0.4 is 0 Å². The molecule has 0 N–H and O–H groups in total. The van der Waals surface area contributed by atoms with Crippen molar-refractivity contribution >= 4 is 5.97 Å². The molecular formula is C9H18O2. The Balaban J connectivity index is 4.01. The molecule has 0 radical (unpaired) electrons. The second-order valence-corrected chi connectivity index (χ2v) is 3.41. The van der Waals surface area contributed by atoms with E-state index in [1.54, 1.807) is 0 Å². The highest BCUT2D eigenvalue weighted by Crippen LogP contribution is 2.20. The fourth-order valence-corrected chi connectivity index (χ4v) is 0.978. The van der Waals surface area contributed by atoms with E-state index in [0.717, 1.165) is 0 Å². The molecule has 2 nitrogen and oxygen atoms in total. The maximum Gasteiger partial charge on any atom is 0.308 e. The van der Waals surface area contributed by atoms with Crippen LogP contribution in [0.15, 0.2) is 0 Å². The van der Waals surface area contributed by atoms with Crippen LogP contribution in [0.4, 0.5) is 0 Å². The molecular weight excluding hydrogens is 140 g/mol. The van der Waals surface area contributed by atoms with Crippen LogP contribution in [0, 0.1) is 17.8 Å². The summed E-state index contributed by atoms with van der Waals surface area (Å²) in [5.41, 5.74) is 0. The SMILES string of the molecule is COC(=O)C(C)C(C)C(C)C. The van der Waals surface area contributed by atoms with Gasteiger partial charge in [0, 0.05) is 0 Å². The molecule has 0 aliphatic rings. The largest absolute Gasteiger partial charge is 0.469 e. The molecule has 0 aromatic carbocycles. The van der Waals surface area contributed by atoms with E-state index in [9.17, 15) is 4.79 Å². The molecule has 0 bridgehead atoms. The number of rotatable bonds is 3. The molecule has 2 heteroatoms. The van der Waals surface area contributed by atoms with E-state index < -0.39 is 0 Å². The number of carbonyl (C=O) groups is 1. The topological polar surface area (TPSA) is 26.3 Å². The molecule has 0 aliphatic carbocycles. The Morgan fingerprint density at radius 3 is 1.91 bits per heavy atom. The molecule has 0 spiro atoms. The number of esters is 1. The van der Waals surface area contributed by atoms with Crippen molar-refractivity contribution in [2.24, 2.45) is 17.8 Å². The number of ether oxygens (including phenoxy) is 1. The van der Waals surface area contributed by atoms with E-state index in [2.05, 4.69) is 25.5 Å². The van der Waals surface area contributed by atoms with E-state index in [4.69, 9.17) is 0 Å². The molecule has 0 aliphatic heterocycles. The summed E-state index contributed by atoms with van der Waals surface area (Å²) in [7, 11) is 1.44. The minimum absolute atomic E-state index is 0.0139. The third kappa shape index (κ3) is 2.91. The van der Waals surface area contributed by atoms with Gasteiger partial charge in [-0.05, 0) is 11.8 Å². The normalized spacial score (nSPS) is 16.2. The van der Waals surface area contributed by atoms with E-state index in [0.29, 0.717) is 11.8 Å². The van der Waals surface area contributed by atoms with Crippen LogP contribution in [0.3, 0.4) is 0 Å². The molecule has 66 valence electrons. The summed E-state index contributed by atoms with van der Waals surface area (Å²) in [6.07, 6.45) is 0. The number of hydrogen-bond acceptors (Lipinski definition) is 2. The molecule has 0 amide bonds. The zero-order chi connectivity index (χ0) is 9.02. The summed E-state index contributed by atoms with van der Waals surface area (Å²) >= 11 is 0. The van der Waals surface area contributed by atoms with Gasteiger partial charge in [-0.2, -0.15) is 0 Å². The molecule has 2 unspecified atom stereocenters. The Hall–Kier alpha value is -0.530. The van der Waals surface area contributed by atoms with Crippen molar-refractivity contribution in [1.29, 1.82) is 0 Å². The van der Waals surface area contributed by atoms with Crippen LogP contribution in [0.25, 0.3) is 0 Å². The summed E-state index contributed by atoms with van der Waals surface area (Å²) in [4.78, 5) is 11.0. The molecule has 11 heavy (non-hydrogen) atoms. The van der Waals surface area contributed by atoms with E-state index >= 15 is 0 Å². The van der Waals surface area contributed by atoms with Crippen molar-refractivity contribution < 1.29 is 9.53 Å². The Labute approximate surface area is 68.9 Å². The third-order valence-electron chi connectivity index (χ3n) is 2.41. The first-order valence-electron chi connectivity index (χ1n) is 4.08. The number of carbonyl (C=O) groups excluding carboxylic acids is 1. The van der Waals surface area contributed by atoms with Crippen LogP contribution in [0.5, 0.6) is 0 Å². The minimum atomic E-state index is -0.105. The van der Waals surface area contributed by atoms with Crippen molar-refractivity contribution in [1.82, 2.24) is 0 Å². The van der Waals surface area contributed by atoms with Gasteiger partial charge in [0.05, 0.1) is 13.0 Å². The van der Waals surface area contributed by atoms with Crippen LogP contribution in [0.1, 0.15) is 27.7 Å². The molecule has 0 saturated carbocycles. The van der Waals surface area contributed by atoms with E-state index in [-0.39, 0.29) is 11.9 Å². The fraction of sp³-hybridized carbons (Fsp3) is 0.889. The standard InChI is InChI=1S/C9H18O2/c1-6(2)7(3)8(4)9(10)11-5/h6-8H,1-5H3. The summed E-state index contributed by atoms with van der Waals surface area (Å²) in [6, 6.07) is 0. The van der Waals surface area contributed by atoms with Crippen molar-refractivity contribution in [3.63, 3.8) is 0 Å². The van der Waals surface area contributed by atoms with Gasteiger partial charge in [0.1, 0.15) is 0 Å². The zero-order valence-electron chi connectivity index (χ0n) is 8.05. The second kappa shape index (κ2) is 4.37. The smallest absolute Gasteiger partial charge is 0.308 e. The first-order chi connectivity index (χ1) is 5.00. The predicted octanol–water partition coefficient (Wildman–Crippen LogP) is 2.09. The Kier molecular flexibility index (Phi) is 4.16. The fourth-order valence-electron chi connectivity index (χ4n) is 0.978. The van der Waals surface area contributed by atoms with Gasteiger partial charge in [-0.25, -0.2) is 0 Å². The van der Waals surface area contributed by atoms with Crippen molar-refractivity contribution in [2.45, 2.75) is 27.7 Å². The van der Waals surface area contributed by atoms with Gasteiger partial charge in [-0.15, -0.1) is 0 Å². The highest BCUT2D eigenvalue weighted by Gasteiger charge is 2.22. The van der Waals surface area contributed by atoms with Crippen LogP contribution in [0.2, 0.25) is 0 Å². The summed E-state index contributed by atoms with van der Waals surface area (Å²) < 4.78 is 4.64. The van der Waals surface area contributed by atoms with Gasteiger partial charge in [-0.1, -0.05) is 27.7 Å². The molecule has 0 rings (SSSR count). The van der Waals surface area contributed by atoms with E-state index in [1.807, 2.05) is 6.92 Å². The average Bonchev–Trinajstić information content (AvgIpc) is 2.00. The van der Waals surface area contributed by atoms with Crippen LogP contribution >= 0.6 is 0 Å². The first kappa shape index (κ1) is 10.5. The summed E-state index contributed by atoms with van der Waals surface area (Å²) in [5, 5.41) is 0. The van der Waals surface area contributed by atoms with Crippen molar-refractivity contribution in [3.8, 4) is 0 Å². The molecule has 0 fully saturated rings. The van der Waals surface area contributed by atoms with Crippen molar-refractivity contribution in [2.75, 3.05) is 7.11 Å². The molecule has 0 aromatic rings. The third-order valence-corrected chi connectivity index (χ3v) is 2.41. The first-order valence-corrected chi connectivity index (χ1v) is 4.08. The predicted molar refractivity (Wildman–Crippen MR) is 45.2 cm³/mol. The Bertz CT molecular complexity index is 130. The number of methoxy groups -OCH3 is 1. The van der Waals surface area contributed by atoms with E-state index in [1.165, 1.54) is 7.11 Å². The van der Waals surface area contributed by atoms with Gasteiger partial charge in [0.15, 0.2) is 0 Å². The Morgan fingerprint density at radius 2 is 1.64 bits per heavy atom. The quantitative estimate of drug-likeness (QED) is 0.588. The van der Waals surface area contributed by atoms with Gasteiger partial charge >= 0.3 is 5.97 Å². The van der Waals surface area contributed by atoms with Gasteiger partial charge in [0.2, 0.25) is 0 Å². The lowest BCUT2D eigenvalue weighted by atomic mass is 9.86. The van der Waals surface area contributed by atoms with Gasteiger partial charge in [0.25, 0.3) is 0 Å². The lowest BCUT2D eigenvalue weighted by molar-refractivity contribution is -0.147. The average molecular weight is 158 g/mol. The zero-order valence-corrected chi connectivity index (χ0v) is 8.05. The molecule has 0 saturated heterocycles. The lowest BCUT2D eigenvalue weighted by Crippen LogP contribution is -2.23. The Morgan fingerprint density at radius 1 is 1.18 bits per heavy atom.